The second-order valence-electron chi connectivity index (χ2n) is 2.80. The van der Waals surface area contributed by atoms with Crippen LogP contribution in [-0.2, 0) is 18.7 Å². The second kappa shape index (κ2) is 3.53. The van der Waals surface area contributed by atoms with E-state index in [-0.39, 0.29) is 0 Å². The minimum Gasteiger partial charge on any atom is -0.178 e. The summed E-state index contributed by atoms with van der Waals surface area (Å²) in [5.74, 6) is 0. The van der Waals surface area contributed by atoms with Gasteiger partial charge < -0.3 is 0 Å². The average molecular weight is 272 g/mol. The Morgan fingerprint density at radius 3 is 1.53 bits per heavy atom. The summed E-state index contributed by atoms with van der Waals surface area (Å²) in [7, 11) is 0. The highest BCUT2D eigenvalue weighted by atomic mass is 19.4. The molecule has 98 valence electrons. The Labute approximate surface area is 86.6 Å². The smallest absolute Gasteiger partial charge is 0.178 e. The lowest BCUT2D eigenvalue weighted by Gasteiger charge is -2.08. The summed E-state index contributed by atoms with van der Waals surface area (Å²) in [5.41, 5.74) is -5.11. The van der Waals surface area contributed by atoms with Gasteiger partial charge in [-0.3, -0.25) is 0 Å². The quantitative estimate of drug-likeness (QED) is 0.662. The molecule has 0 aliphatic carbocycles. The average Bonchev–Trinajstić information content (AvgIpc) is 2.42. The van der Waals surface area contributed by atoms with Crippen molar-refractivity contribution < 1.29 is 39.5 Å². The van der Waals surface area contributed by atoms with Gasteiger partial charge in [-0.25, -0.2) is 0 Å². The third-order valence-electron chi connectivity index (χ3n) is 1.55. The van der Waals surface area contributed by atoms with Gasteiger partial charge in [0.15, 0.2) is 5.69 Å². The maximum Gasteiger partial charge on any atom is 0.504 e. The van der Waals surface area contributed by atoms with Crippen LogP contribution in [0.5, 0.6) is 0 Å². The Balaban J connectivity index is 3.44. The van der Waals surface area contributed by atoms with E-state index in [4.69, 9.17) is 0 Å². The molecular weight excluding hydrogens is 271 g/mol. The summed E-state index contributed by atoms with van der Waals surface area (Å²) in [6.45, 7) is 0. The highest BCUT2D eigenvalue weighted by Gasteiger charge is 2.48. The molecule has 1 aromatic heterocycles. The van der Waals surface area contributed by atoms with Crippen LogP contribution < -0.4 is 0 Å². The molecule has 1 heterocycles. The molecule has 0 spiro atoms. The SMILES string of the molecule is FC(F)(F)c1cn(C(F)(F)F)nc1C(F)(F)F. The molecule has 0 amide bonds. The molecule has 17 heavy (non-hydrogen) atoms. The molecule has 0 unspecified atom stereocenters. The molecule has 11 heteroatoms. The van der Waals surface area contributed by atoms with Crippen LogP contribution in [0.1, 0.15) is 11.3 Å². The molecule has 0 saturated heterocycles. The molecule has 1 rings (SSSR count). The zero-order valence-corrected chi connectivity index (χ0v) is 7.37. The maximum absolute atomic E-state index is 12.1. The van der Waals surface area contributed by atoms with Gasteiger partial charge in [0.2, 0.25) is 0 Å². The highest BCUT2D eigenvalue weighted by Crippen LogP contribution is 2.40. The van der Waals surface area contributed by atoms with Gasteiger partial charge in [-0.05, 0) is 0 Å². The van der Waals surface area contributed by atoms with Crippen molar-refractivity contribution >= 4 is 0 Å². The lowest BCUT2D eigenvalue weighted by Crippen LogP contribution is -2.18. The molecule has 0 bridgehead atoms. The number of aromatic nitrogens is 2. The normalized spacial score (nSPS) is 14.2. The lowest BCUT2D eigenvalue weighted by molar-refractivity contribution is -0.214. The van der Waals surface area contributed by atoms with E-state index in [1.54, 1.807) is 0 Å². The van der Waals surface area contributed by atoms with Gasteiger partial charge in [-0.2, -0.15) is 36.1 Å². The number of hydrogen-bond donors (Lipinski definition) is 0. The van der Waals surface area contributed by atoms with Gasteiger partial charge in [0.25, 0.3) is 0 Å². The number of alkyl halides is 9. The summed E-state index contributed by atoms with van der Waals surface area (Å²) in [6, 6.07) is 0. The largest absolute Gasteiger partial charge is 0.504 e. The summed E-state index contributed by atoms with van der Waals surface area (Å²) < 4.78 is 107. The standard InChI is InChI=1S/C6HF9N2/c7-4(8,9)2-1-17(6(13,14)15)16-3(2)5(10,11)12/h1H. The van der Waals surface area contributed by atoms with Crippen molar-refractivity contribution in [2.24, 2.45) is 0 Å². The lowest BCUT2D eigenvalue weighted by atomic mass is 10.2. The topological polar surface area (TPSA) is 17.8 Å². The predicted octanol–water partition coefficient (Wildman–Crippen LogP) is 3.40. The van der Waals surface area contributed by atoms with Crippen LogP contribution >= 0.6 is 0 Å². The number of halogens is 9. The third kappa shape index (κ3) is 2.82. The van der Waals surface area contributed by atoms with E-state index in [1.807, 2.05) is 5.10 Å². The molecule has 0 aliphatic heterocycles. The highest BCUT2D eigenvalue weighted by molar-refractivity contribution is 5.23. The fourth-order valence-electron chi connectivity index (χ4n) is 0.921. The molecule has 0 N–H and O–H groups in total. The first-order chi connectivity index (χ1) is 7.33. The van der Waals surface area contributed by atoms with E-state index in [9.17, 15) is 39.5 Å². The fraction of sp³-hybridized carbons (Fsp3) is 0.500. The minimum atomic E-state index is -5.62. The Bertz CT molecular complexity index is 375. The monoisotopic (exact) mass is 272 g/mol. The van der Waals surface area contributed by atoms with Crippen LogP contribution in [0.4, 0.5) is 39.5 Å². The van der Waals surface area contributed by atoms with Gasteiger partial charge in [0.1, 0.15) is 5.56 Å². The van der Waals surface area contributed by atoms with Crippen molar-refractivity contribution in [3.8, 4) is 0 Å². The molecule has 0 aliphatic rings. The van der Waals surface area contributed by atoms with Crippen LogP contribution in [0.2, 0.25) is 0 Å². The maximum atomic E-state index is 12.1. The molecule has 0 radical (unpaired) electrons. The fourth-order valence-corrected chi connectivity index (χ4v) is 0.921. The van der Waals surface area contributed by atoms with Gasteiger partial charge in [0, 0.05) is 6.20 Å². The van der Waals surface area contributed by atoms with E-state index < -0.39 is 40.8 Å². The first-order valence-corrected chi connectivity index (χ1v) is 3.64. The van der Waals surface area contributed by atoms with Crippen molar-refractivity contribution in [2.45, 2.75) is 18.7 Å². The molecule has 0 fully saturated rings. The van der Waals surface area contributed by atoms with Crippen molar-refractivity contribution in [1.82, 2.24) is 9.78 Å². The van der Waals surface area contributed by atoms with Crippen LogP contribution in [0.3, 0.4) is 0 Å². The summed E-state index contributed by atoms with van der Waals surface area (Å²) in [4.78, 5) is 0. The first-order valence-electron chi connectivity index (χ1n) is 3.64. The van der Waals surface area contributed by atoms with Gasteiger partial charge in [-0.1, -0.05) is 0 Å². The molecule has 0 saturated carbocycles. The van der Waals surface area contributed by atoms with Crippen molar-refractivity contribution in [2.75, 3.05) is 0 Å². The van der Waals surface area contributed by atoms with Crippen molar-refractivity contribution in [3.63, 3.8) is 0 Å². The second-order valence-corrected chi connectivity index (χ2v) is 2.80. The Hall–Kier alpha value is -1.42. The summed E-state index contributed by atoms with van der Waals surface area (Å²) in [5, 5.41) is 1.87. The van der Waals surface area contributed by atoms with E-state index in [0.29, 0.717) is 0 Å². The van der Waals surface area contributed by atoms with E-state index in [0.717, 1.165) is 0 Å². The Morgan fingerprint density at radius 2 is 1.29 bits per heavy atom. The van der Waals surface area contributed by atoms with Crippen LogP contribution in [0.25, 0.3) is 0 Å². The number of rotatable bonds is 0. The molecule has 1 aromatic rings. The van der Waals surface area contributed by atoms with Crippen LogP contribution in [0, 0.1) is 0 Å². The minimum absolute atomic E-state index is 0.747. The zero-order chi connectivity index (χ0) is 13.6. The predicted molar refractivity (Wildman–Crippen MR) is 33.5 cm³/mol. The van der Waals surface area contributed by atoms with Gasteiger partial charge >= 0.3 is 18.7 Å². The molecule has 2 nitrogen and oxygen atoms in total. The van der Waals surface area contributed by atoms with E-state index >= 15 is 0 Å². The zero-order valence-electron chi connectivity index (χ0n) is 7.37. The van der Waals surface area contributed by atoms with Crippen LogP contribution in [-0.4, -0.2) is 9.78 Å². The Kier molecular flexibility index (Phi) is 2.84. The summed E-state index contributed by atoms with van der Waals surface area (Å²) >= 11 is 0. The molecule has 0 atom stereocenters. The van der Waals surface area contributed by atoms with Crippen LogP contribution in [0.15, 0.2) is 6.20 Å². The van der Waals surface area contributed by atoms with E-state index in [1.165, 1.54) is 0 Å². The van der Waals surface area contributed by atoms with Gasteiger partial charge in [-0.15, -0.1) is 13.2 Å². The number of hydrogen-bond acceptors (Lipinski definition) is 1. The van der Waals surface area contributed by atoms with E-state index in [2.05, 4.69) is 0 Å². The van der Waals surface area contributed by atoms with Gasteiger partial charge in [0.05, 0.1) is 0 Å². The molecular formula is C6HF9N2. The summed E-state index contributed by atoms with van der Waals surface area (Å²) in [6.07, 6.45) is -17.4. The molecule has 0 aromatic carbocycles. The Morgan fingerprint density at radius 1 is 0.824 bits per heavy atom. The first kappa shape index (κ1) is 13.6. The number of nitrogens with zero attached hydrogens (tertiary/aromatic N) is 2. The van der Waals surface area contributed by atoms with Crippen molar-refractivity contribution in [1.29, 1.82) is 0 Å². The third-order valence-corrected chi connectivity index (χ3v) is 1.55. The van der Waals surface area contributed by atoms with Crippen molar-refractivity contribution in [3.05, 3.63) is 17.5 Å².